The largest absolute Gasteiger partial charge is 0.360 e. The fourth-order valence-electron chi connectivity index (χ4n) is 3.35. The second kappa shape index (κ2) is 9.31. The molecule has 2 aromatic carbocycles. The van der Waals surface area contributed by atoms with E-state index in [9.17, 15) is 4.79 Å². The van der Waals surface area contributed by atoms with Crippen molar-refractivity contribution in [2.24, 2.45) is 0 Å². The van der Waals surface area contributed by atoms with Crippen molar-refractivity contribution in [3.8, 4) is 0 Å². The number of aryl methyl sites for hydroxylation is 1. The quantitative estimate of drug-likeness (QED) is 0.713. The molecule has 27 heavy (non-hydrogen) atoms. The number of hydrogen-bond donors (Lipinski definition) is 3. The van der Waals surface area contributed by atoms with E-state index >= 15 is 0 Å². The van der Waals surface area contributed by atoms with E-state index in [2.05, 4.69) is 28.5 Å². The van der Waals surface area contributed by atoms with Gasteiger partial charge in [0.25, 0.3) is 0 Å². The summed E-state index contributed by atoms with van der Waals surface area (Å²) in [6.07, 6.45) is 0. The number of nitrogens with one attached hydrogen (secondary N) is 3. The highest BCUT2D eigenvalue weighted by molar-refractivity contribution is 6.31. The first-order valence-corrected chi connectivity index (χ1v) is 9.92. The topological polar surface area (TPSA) is 48.8 Å². The number of anilines is 2. The van der Waals surface area contributed by atoms with Crippen LogP contribution >= 0.6 is 23.2 Å². The van der Waals surface area contributed by atoms with E-state index < -0.39 is 0 Å². The summed E-state index contributed by atoms with van der Waals surface area (Å²) in [4.78, 5) is 15.9. The Morgan fingerprint density at radius 2 is 1.74 bits per heavy atom. The van der Waals surface area contributed by atoms with Crippen LogP contribution in [0.3, 0.4) is 0 Å². The Bertz CT molecular complexity index is 774. The van der Waals surface area contributed by atoms with Gasteiger partial charge < -0.3 is 20.4 Å². The third-order valence-electron chi connectivity index (χ3n) is 4.84. The van der Waals surface area contributed by atoms with Gasteiger partial charge in [-0.3, -0.25) is 0 Å². The number of quaternary nitrogens is 1. The van der Waals surface area contributed by atoms with Gasteiger partial charge in [-0.25, -0.2) is 4.79 Å². The van der Waals surface area contributed by atoms with Crippen LogP contribution in [0.15, 0.2) is 42.5 Å². The summed E-state index contributed by atoms with van der Waals surface area (Å²) in [6, 6.07) is 13.0. The highest BCUT2D eigenvalue weighted by atomic mass is 35.5. The number of benzene rings is 2. The van der Waals surface area contributed by atoms with Crippen molar-refractivity contribution in [1.82, 2.24) is 5.32 Å². The van der Waals surface area contributed by atoms with E-state index in [1.807, 2.05) is 12.1 Å². The zero-order valence-corrected chi connectivity index (χ0v) is 16.9. The van der Waals surface area contributed by atoms with Crippen LogP contribution in [0, 0.1) is 6.92 Å². The molecule has 1 saturated heterocycles. The summed E-state index contributed by atoms with van der Waals surface area (Å²) >= 11 is 11.9. The molecule has 7 heteroatoms. The maximum absolute atomic E-state index is 12.0. The molecule has 0 aromatic heterocycles. The SMILES string of the molecule is Cc1cc(Cl)ccc1N1CC[NH+](CCNC(=O)Nc2ccc(Cl)cc2)CC1. The minimum absolute atomic E-state index is 0.188. The number of carbonyl (C=O) groups is 1. The molecule has 2 aromatic rings. The molecule has 0 saturated carbocycles. The average molecular weight is 408 g/mol. The van der Waals surface area contributed by atoms with Gasteiger partial charge in [0.1, 0.15) is 0 Å². The summed E-state index contributed by atoms with van der Waals surface area (Å²) in [5.41, 5.74) is 3.21. The fraction of sp³-hybridized carbons (Fsp3) is 0.350. The van der Waals surface area contributed by atoms with E-state index in [4.69, 9.17) is 23.2 Å². The number of rotatable bonds is 5. The van der Waals surface area contributed by atoms with Gasteiger partial charge in [-0.15, -0.1) is 0 Å². The number of amides is 2. The predicted octanol–water partition coefficient (Wildman–Crippen LogP) is 2.83. The first kappa shape index (κ1) is 19.8. The summed E-state index contributed by atoms with van der Waals surface area (Å²) in [5, 5.41) is 7.16. The lowest BCUT2D eigenvalue weighted by molar-refractivity contribution is -0.899. The van der Waals surface area contributed by atoms with Crippen LogP contribution in [0.25, 0.3) is 0 Å². The van der Waals surface area contributed by atoms with Gasteiger partial charge in [-0.2, -0.15) is 0 Å². The zero-order chi connectivity index (χ0) is 19.2. The molecule has 1 fully saturated rings. The molecule has 144 valence electrons. The zero-order valence-electron chi connectivity index (χ0n) is 15.4. The molecule has 5 nitrogen and oxygen atoms in total. The second-order valence-electron chi connectivity index (χ2n) is 6.81. The lowest BCUT2D eigenvalue weighted by Gasteiger charge is -2.34. The van der Waals surface area contributed by atoms with Crippen LogP contribution in [-0.4, -0.2) is 45.3 Å². The normalized spacial score (nSPS) is 14.9. The molecule has 1 heterocycles. The number of halogens is 2. The molecule has 1 aliphatic heterocycles. The maximum Gasteiger partial charge on any atom is 0.319 e. The van der Waals surface area contributed by atoms with Gasteiger partial charge in [-0.05, 0) is 55.0 Å². The molecule has 0 unspecified atom stereocenters. The highest BCUT2D eigenvalue weighted by Gasteiger charge is 2.21. The van der Waals surface area contributed by atoms with E-state index in [0.717, 1.165) is 43.4 Å². The first-order valence-electron chi connectivity index (χ1n) is 9.16. The van der Waals surface area contributed by atoms with Crippen molar-refractivity contribution in [2.45, 2.75) is 6.92 Å². The third kappa shape index (κ3) is 5.76. The van der Waals surface area contributed by atoms with E-state index in [-0.39, 0.29) is 6.03 Å². The molecule has 1 aliphatic rings. The molecule has 0 spiro atoms. The van der Waals surface area contributed by atoms with Gasteiger partial charge in [-0.1, -0.05) is 23.2 Å². The van der Waals surface area contributed by atoms with Gasteiger partial charge in [0, 0.05) is 21.4 Å². The maximum atomic E-state index is 12.0. The van der Waals surface area contributed by atoms with Crippen molar-refractivity contribution >= 4 is 40.6 Å². The van der Waals surface area contributed by atoms with E-state index in [1.165, 1.54) is 16.2 Å². The number of hydrogen-bond acceptors (Lipinski definition) is 2. The Labute approximate surface area is 170 Å². The van der Waals surface area contributed by atoms with Crippen molar-refractivity contribution in [3.63, 3.8) is 0 Å². The Morgan fingerprint density at radius 1 is 1.07 bits per heavy atom. The van der Waals surface area contributed by atoms with Crippen LogP contribution < -0.4 is 20.4 Å². The average Bonchev–Trinajstić information content (AvgIpc) is 2.64. The van der Waals surface area contributed by atoms with Gasteiger partial charge >= 0.3 is 6.03 Å². The summed E-state index contributed by atoms with van der Waals surface area (Å²) in [5.74, 6) is 0. The Kier molecular flexibility index (Phi) is 6.83. The minimum Gasteiger partial charge on any atom is -0.360 e. The number of piperazine rings is 1. The van der Waals surface area contributed by atoms with Crippen molar-refractivity contribution < 1.29 is 9.69 Å². The lowest BCUT2D eigenvalue weighted by Crippen LogP contribution is -3.15. The molecular weight excluding hydrogens is 383 g/mol. The van der Waals surface area contributed by atoms with Crippen LogP contribution in [0.5, 0.6) is 0 Å². The third-order valence-corrected chi connectivity index (χ3v) is 5.32. The standard InChI is InChI=1S/C20H24Cl2N4O/c1-15-14-17(22)4-7-19(15)26-12-10-25(11-13-26)9-8-23-20(27)24-18-5-2-16(21)3-6-18/h2-7,14H,8-13H2,1H3,(H2,23,24,27)/p+1. The molecule has 0 atom stereocenters. The molecule has 3 N–H and O–H groups in total. The molecule has 0 radical (unpaired) electrons. The predicted molar refractivity (Wildman–Crippen MR) is 112 cm³/mol. The fourth-order valence-corrected chi connectivity index (χ4v) is 3.70. The van der Waals surface area contributed by atoms with Gasteiger partial charge in [0.2, 0.25) is 0 Å². The number of nitrogens with zero attached hydrogens (tertiary/aromatic N) is 1. The number of urea groups is 1. The first-order chi connectivity index (χ1) is 13.0. The molecule has 2 amide bonds. The van der Waals surface area contributed by atoms with Crippen LogP contribution in [0.2, 0.25) is 10.0 Å². The van der Waals surface area contributed by atoms with E-state index in [0.29, 0.717) is 11.6 Å². The monoisotopic (exact) mass is 407 g/mol. The Hall–Kier alpha value is -1.95. The smallest absolute Gasteiger partial charge is 0.319 e. The van der Waals surface area contributed by atoms with Crippen molar-refractivity contribution in [1.29, 1.82) is 0 Å². The molecular formula is C20H25Cl2N4O+. The Morgan fingerprint density at radius 3 is 2.41 bits per heavy atom. The number of carbonyl (C=O) groups excluding carboxylic acids is 1. The van der Waals surface area contributed by atoms with Crippen LogP contribution in [0.4, 0.5) is 16.2 Å². The van der Waals surface area contributed by atoms with Crippen molar-refractivity contribution in [2.75, 3.05) is 49.5 Å². The van der Waals surface area contributed by atoms with E-state index in [1.54, 1.807) is 24.3 Å². The molecule has 3 rings (SSSR count). The lowest BCUT2D eigenvalue weighted by atomic mass is 10.1. The molecule has 0 bridgehead atoms. The molecule has 0 aliphatic carbocycles. The minimum atomic E-state index is -0.188. The Balaban J connectivity index is 1.38. The highest BCUT2D eigenvalue weighted by Crippen LogP contribution is 2.23. The van der Waals surface area contributed by atoms with Gasteiger partial charge in [0.15, 0.2) is 0 Å². The van der Waals surface area contributed by atoms with Crippen LogP contribution in [0.1, 0.15) is 5.56 Å². The second-order valence-corrected chi connectivity index (χ2v) is 7.68. The van der Waals surface area contributed by atoms with Crippen LogP contribution in [-0.2, 0) is 0 Å². The van der Waals surface area contributed by atoms with Crippen molar-refractivity contribution in [3.05, 3.63) is 58.1 Å². The summed E-state index contributed by atoms with van der Waals surface area (Å²) in [7, 11) is 0. The summed E-state index contributed by atoms with van der Waals surface area (Å²) in [6.45, 7) is 7.80. The summed E-state index contributed by atoms with van der Waals surface area (Å²) < 4.78 is 0. The van der Waals surface area contributed by atoms with Gasteiger partial charge in [0.05, 0.1) is 39.3 Å².